The number of benzene rings is 3. The highest BCUT2D eigenvalue weighted by atomic mass is 35.5. The summed E-state index contributed by atoms with van der Waals surface area (Å²) in [5.41, 5.74) is 0.731. The molecule has 1 aliphatic carbocycles. The molecule has 1 unspecified atom stereocenters. The average molecular weight is 606 g/mol. The second-order valence-electron chi connectivity index (χ2n) is 9.64. The number of halogens is 2. The molecule has 0 radical (unpaired) electrons. The summed E-state index contributed by atoms with van der Waals surface area (Å²) in [5.74, 6) is -0.518. The van der Waals surface area contributed by atoms with Gasteiger partial charge in [0.15, 0.2) is 14.6 Å². The molecule has 14 heteroatoms. The Balaban J connectivity index is 1.57. The minimum absolute atomic E-state index is 0.0336. The van der Waals surface area contributed by atoms with Gasteiger partial charge < -0.3 is 5.32 Å². The number of hydrogen-bond acceptors (Lipinski definition) is 6. The largest absolute Gasteiger partial charge is 0.338 e. The normalized spacial score (nSPS) is 22.9. The molecule has 5 rings (SSSR count). The van der Waals surface area contributed by atoms with E-state index < -0.39 is 42.7 Å². The fourth-order valence-electron chi connectivity index (χ4n) is 4.97. The lowest BCUT2D eigenvalue weighted by Crippen LogP contribution is -2.56. The molecular formula is C26H25ClFN5O5S2. The Kier molecular flexibility index (Phi) is 7.44. The quantitative estimate of drug-likeness (QED) is 0.378. The standard InChI is InChI=1S/C26H25ClFN5O5S2/c27-19-8-12-23(13-9-19)39(35,36)26(18-4-2-1-3-5-18)16-33(31-24(26)17-6-10-20(28)11-7-17)25(34)30-21-14-22(15-21)32-40(29,37)38/h1-13,21-22,32H,14-16H2,(H,30,34)(H2,29,37,38). The van der Waals surface area contributed by atoms with Crippen LogP contribution in [0.3, 0.4) is 0 Å². The van der Waals surface area contributed by atoms with Crippen LogP contribution in [-0.4, -0.2) is 52.2 Å². The van der Waals surface area contributed by atoms with E-state index >= 15 is 0 Å². The lowest BCUT2D eigenvalue weighted by Gasteiger charge is -2.36. The number of nitrogens with zero attached hydrogens (tertiary/aromatic N) is 2. The Morgan fingerprint density at radius 2 is 1.57 bits per heavy atom. The Morgan fingerprint density at radius 1 is 0.950 bits per heavy atom. The molecule has 1 fully saturated rings. The second kappa shape index (κ2) is 10.6. The SMILES string of the molecule is NS(=O)(=O)NC1CC(NC(=O)N2CC(c3ccccc3)(S(=O)(=O)c3ccc(Cl)cc3)C(c3ccc(F)cc3)=N2)C1. The number of urea groups is 1. The maximum Gasteiger partial charge on any atom is 0.338 e. The molecule has 2 aliphatic rings. The zero-order valence-electron chi connectivity index (χ0n) is 20.9. The summed E-state index contributed by atoms with van der Waals surface area (Å²) in [6.07, 6.45) is 0.606. The van der Waals surface area contributed by atoms with Crippen molar-refractivity contribution < 1.29 is 26.0 Å². The molecule has 2 amide bonds. The first kappa shape index (κ1) is 28.2. The third kappa shape index (κ3) is 5.34. The van der Waals surface area contributed by atoms with Crippen molar-refractivity contribution in [3.8, 4) is 0 Å². The van der Waals surface area contributed by atoms with Crippen LogP contribution < -0.4 is 15.2 Å². The summed E-state index contributed by atoms with van der Waals surface area (Å²) in [4.78, 5) is 13.3. The second-order valence-corrected chi connectivity index (χ2v) is 13.6. The van der Waals surface area contributed by atoms with Gasteiger partial charge >= 0.3 is 6.03 Å². The van der Waals surface area contributed by atoms with E-state index in [2.05, 4.69) is 15.1 Å². The van der Waals surface area contributed by atoms with Crippen LogP contribution in [0.5, 0.6) is 0 Å². The van der Waals surface area contributed by atoms with Gasteiger partial charge in [0.2, 0.25) is 0 Å². The number of hydrogen-bond donors (Lipinski definition) is 3. The van der Waals surface area contributed by atoms with E-state index in [1.54, 1.807) is 30.3 Å². The van der Waals surface area contributed by atoms with E-state index in [1.807, 2.05) is 0 Å². The van der Waals surface area contributed by atoms with Gasteiger partial charge in [-0.25, -0.2) is 27.8 Å². The number of sulfone groups is 1. The Hall–Kier alpha value is -3.36. The van der Waals surface area contributed by atoms with Crippen LogP contribution in [0.25, 0.3) is 0 Å². The maximum absolute atomic E-state index is 14.5. The summed E-state index contributed by atoms with van der Waals surface area (Å²) < 4.78 is 65.9. The molecule has 1 saturated carbocycles. The van der Waals surface area contributed by atoms with Gasteiger partial charge in [0.25, 0.3) is 10.2 Å². The highest BCUT2D eigenvalue weighted by molar-refractivity contribution is 7.93. The zero-order chi connectivity index (χ0) is 28.7. The predicted octanol–water partition coefficient (Wildman–Crippen LogP) is 2.90. The van der Waals surface area contributed by atoms with Gasteiger partial charge in [0.05, 0.1) is 17.2 Å². The minimum Gasteiger partial charge on any atom is -0.334 e. The van der Waals surface area contributed by atoms with E-state index in [0.29, 0.717) is 29.0 Å². The first-order valence-electron chi connectivity index (χ1n) is 12.2. The van der Waals surface area contributed by atoms with Crippen molar-refractivity contribution >= 4 is 43.4 Å². The molecule has 0 saturated heterocycles. The third-order valence-electron chi connectivity index (χ3n) is 6.95. The van der Waals surface area contributed by atoms with Gasteiger partial charge in [0.1, 0.15) is 5.82 Å². The van der Waals surface area contributed by atoms with Crippen molar-refractivity contribution in [2.75, 3.05) is 6.54 Å². The Morgan fingerprint density at radius 3 is 2.17 bits per heavy atom. The average Bonchev–Trinajstić information content (AvgIpc) is 3.31. The molecule has 4 N–H and O–H groups in total. The highest BCUT2D eigenvalue weighted by Gasteiger charge is 2.57. The van der Waals surface area contributed by atoms with Crippen molar-refractivity contribution in [3.05, 3.63) is 101 Å². The first-order valence-corrected chi connectivity index (χ1v) is 15.6. The number of rotatable bonds is 7. The van der Waals surface area contributed by atoms with Crippen LogP contribution in [0, 0.1) is 5.82 Å². The van der Waals surface area contributed by atoms with Gasteiger partial charge in [0, 0.05) is 22.7 Å². The summed E-state index contributed by atoms with van der Waals surface area (Å²) in [6, 6.07) is 17.9. The fraction of sp³-hybridized carbons (Fsp3) is 0.231. The van der Waals surface area contributed by atoms with Crippen LogP contribution in [0.1, 0.15) is 24.0 Å². The Labute approximate surface area is 236 Å². The molecule has 3 aromatic rings. The lowest BCUT2D eigenvalue weighted by atomic mass is 9.88. The number of amides is 2. The molecule has 1 heterocycles. The number of nitrogens with one attached hydrogen (secondary N) is 2. The van der Waals surface area contributed by atoms with E-state index in [-0.39, 0.29) is 23.2 Å². The summed E-state index contributed by atoms with van der Waals surface area (Å²) in [6.45, 7) is -0.369. The van der Waals surface area contributed by atoms with Crippen LogP contribution in [0.4, 0.5) is 9.18 Å². The van der Waals surface area contributed by atoms with E-state index in [1.165, 1.54) is 48.5 Å². The van der Waals surface area contributed by atoms with Crippen LogP contribution in [0.2, 0.25) is 5.02 Å². The monoisotopic (exact) mass is 605 g/mol. The highest BCUT2D eigenvalue weighted by Crippen LogP contribution is 2.44. The molecule has 3 aromatic carbocycles. The minimum atomic E-state index is -4.29. The van der Waals surface area contributed by atoms with Crippen LogP contribution >= 0.6 is 11.6 Å². The van der Waals surface area contributed by atoms with E-state index in [0.717, 1.165) is 5.01 Å². The van der Waals surface area contributed by atoms with E-state index in [4.69, 9.17) is 16.7 Å². The summed E-state index contributed by atoms with van der Waals surface area (Å²) in [7, 11) is -8.17. The molecule has 40 heavy (non-hydrogen) atoms. The van der Waals surface area contributed by atoms with Crippen molar-refractivity contribution in [2.24, 2.45) is 10.2 Å². The van der Waals surface area contributed by atoms with Gasteiger partial charge in [-0.2, -0.15) is 18.2 Å². The lowest BCUT2D eigenvalue weighted by molar-refractivity contribution is 0.185. The molecule has 0 spiro atoms. The number of hydrazone groups is 1. The topological polar surface area (TPSA) is 151 Å². The maximum atomic E-state index is 14.5. The Bertz CT molecular complexity index is 1660. The molecule has 1 aliphatic heterocycles. The van der Waals surface area contributed by atoms with Crippen molar-refractivity contribution in [3.63, 3.8) is 0 Å². The van der Waals surface area contributed by atoms with Gasteiger partial charge in [-0.1, -0.05) is 54.1 Å². The van der Waals surface area contributed by atoms with E-state index in [9.17, 15) is 26.0 Å². The number of carbonyl (C=O) groups excluding carboxylic acids is 1. The van der Waals surface area contributed by atoms with Crippen molar-refractivity contribution in [1.82, 2.24) is 15.0 Å². The van der Waals surface area contributed by atoms with Gasteiger partial charge in [-0.3, -0.25) is 0 Å². The van der Waals surface area contributed by atoms with Gasteiger partial charge in [-0.05, 0) is 54.8 Å². The first-order chi connectivity index (χ1) is 18.9. The third-order valence-corrected chi connectivity index (χ3v) is 10.2. The zero-order valence-corrected chi connectivity index (χ0v) is 23.3. The predicted molar refractivity (Wildman–Crippen MR) is 148 cm³/mol. The molecule has 0 aromatic heterocycles. The van der Waals surface area contributed by atoms with Crippen LogP contribution in [0.15, 0.2) is 88.9 Å². The smallest absolute Gasteiger partial charge is 0.334 e. The molecule has 0 bridgehead atoms. The molecule has 210 valence electrons. The summed E-state index contributed by atoms with van der Waals surface area (Å²) >= 11 is 6.03. The molecular weight excluding hydrogens is 581 g/mol. The summed E-state index contributed by atoms with van der Waals surface area (Å²) in [5, 5.41) is 13.7. The van der Waals surface area contributed by atoms with Gasteiger partial charge in [-0.15, -0.1) is 0 Å². The fourth-order valence-corrected chi connectivity index (χ4v) is 7.80. The number of nitrogens with two attached hydrogens (primary N) is 1. The van der Waals surface area contributed by atoms with Crippen molar-refractivity contribution in [1.29, 1.82) is 0 Å². The van der Waals surface area contributed by atoms with Crippen LogP contribution in [-0.2, 0) is 24.8 Å². The van der Waals surface area contributed by atoms with Crippen molar-refractivity contribution in [2.45, 2.75) is 34.6 Å². The molecule has 10 nitrogen and oxygen atoms in total. The molecule has 1 atom stereocenters. The number of carbonyl (C=O) groups is 1.